The lowest BCUT2D eigenvalue weighted by molar-refractivity contribution is 0.253. The Kier molecular flexibility index (Phi) is 5.58. The predicted molar refractivity (Wildman–Crippen MR) is 79.2 cm³/mol. The summed E-state index contributed by atoms with van der Waals surface area (Å²) < 4.78 is 17.0. The number of benzene rings is 1. The molecule has 0 fully saturated rings. The minimum absolute atomic E-state index is 0.0658. The van der Waals surface area contributed by atoms with Crippen LogP contribution >= 0.6 is 15.9 Å². The third-order valence-corrected chi connectivity index (χ3v) is 3.30. The van der Waals surface area contributed by atoms with Crippen molar-refractivity contribution in [3.8, 4) is 11.5 Å². The van der Waals surface area contributed by atoms with Gasteiger partial charge in [-0.3, -0.25) is 0 Å². The molecule has 1 heterocycles. The summed E-state index contributed by atoms with van der Waals surface area (Å²) in [7, 11) is 0. The molecular weight excluding hydrogens is 340 g/mol. The molecule has 1 aromatic heterocycles. The van der Waals surface area contributed by atoms with Crippen molar-refractivity contribution in [1.29, 1.82) is 0 Å². The van der Waals surface area contributed by atoms with Crippen LogP contribution in [-0.4, -0.2) is 21.9 Å². The van der Waals surface area contributed by atoms with Crippen LogP contribution in [0, 0.1) is 0 Å². The molecular formula is C14H17BrN2O4. The molecule has 0 aliphatic heterocycles. The Morgan fingerprint density at radius 3 is 2.71 bits per heavy atom. The third-order valence-electron chi connectivity index (χ3n) is 2.71. The van der Waals surface area contributed by atoms with Gasteiger partial charge < -0.3 is 19.1 Å². The maximum absolute atomic E-state index is 9.23. The molecule has 0 saturated heterocycles. The molecule has 0 aliphatic carbocycles. The third kappa shape index (κ3) is 3.95. The van der Waals surface area contributed by atoms with Gasteiger partial charge in [-0.15, -0.1) is 0 Å². The van der Waals surface area contributed by atoms with Gasteiger partial charge in [0.25, 0.3) is 0 Å². The van der Waals surface area contributed by atoms with Crippen molar-refractivity contribution in [2.24, 2.45) is 0 Å². The van der Waals surface area contributed by atoms with Gasteiger partial charge in [0.2, 0.25) is 11.7 Å². The average Bonchev–Trinajstić information content (AvgIpc) is 2.94. The highest BCUT2D eigenvalue weighted by atomic mass is 79.9. The summed E-state index contributed by atoms with van der Waals surface area (Å²) in [4.78, 5) is 4.18. The molecule has 0 bridgehead atoms. The maximum Gasteiger partial charge on any atom is 0.226 e. The second-order valence-electron chi connectivity index (χ2n) is 4.24. The van der Waals surface area contributed by atoms with E-state index in [1.54, 1.807) is 12.1 Å². The lowest BCUT2D eigenvalue weighted by atomic mass is 10.2. The summed E-state index contributed by atoms with van der Waals surface area (Å²) in [5.41, 5.74) is 0.741. The number of aliphatic hydroxyl groups excluding tert-OH is 1. The number of hydrogen-bond acceptors (Lipinski definition) is 6. The maximum atomic E-state index is 9.23. The first-order valence-electron chi connectivity index (χ1n) is 6.68. The van der Waals surface area contributed by atoms with Crippen LogP contribution in [-0.2, 0) is 19.6 Å². The van der Waals surface area contributed by atoms with Gasteiger partial charge >= 0.3 is 0 Å². The fourth-order valence-electron chi connectivity index (χ4n) is 1.74. The Morgan fingerprint density at radius 2 is 2.10 bits per heavy atom. The van der Waals surface area contributed by atoms with Crippen LogP contribution in [0.15, 0.2) is 21.1 Å². The van der Waals surface area contributed by atoms with Crippen LogP contribution in [0.3, 0.4) is 0 Å². The molecule has 2 rings (SSSR count). The first kappa shape index (κ1) is 15.8. The summed E-state index contributed by atoms with van der Waals surface area (Å²) in [6.07, 6.45) is 0.687. The number of ether oxygens (including phenoxy) is 2. The Labute approximate surface area is 131 Å². The molecule has 0 aliphatic rings. The van der Waals surface area contributed by atoms with Crippen LogP contribution in [0.1, 0.15) is 31.1 Å². The number of rotatable bonds is 7. The van der Waals surface area contributed by atoms with E-state index in [0.717, 1.165) is 5.56 Å². The van der Waals surface area contributed by atoms with Gasteiger partial charge in [0.1, 0.15) is 0 Å². The molecule has 114 valence electrons. The minimum atomic E-state index is -0.0658. The Balaban J connectivity index is 2.17. The molecule has 2 aromatic rings. The number of halogens is 1. The number of hydrogen-bond donors (Lipinski definition) is 1. The van der Waals surface area contributed by atoms with Gasteiger partial charge in [-0.25, -0.2) is 0 Å². The minimum Gasteiger partial charge on any atom is -0.490 e. The van der Waals surface area contributed by atoms with E-state index >= 15 is 0 Å². The highest BCUT2D eigenvalue weighted by Gasteiger charge is 2.14. The van der Waals surface area contributed by atoms with E-state index in [1.165, 1.54) is 0 Å². The van der Waals surface area contributed by atoms with Gasteiger partial charge in [-0.05, 0) is 40.5 Å². The zero-order valence-corrected chi connectivity index (χ0v) is 13.5. The van der Waals surface area contributed by atoms with Crippen molar-refractivity contribution in [2.45, 2.75) is 33.5 Å². The standard InChI is InChI=1S/C14H17BrN2O4/c1-3-13-16-12(17-21-13)8-20-14-10(15)5-9(7-18)6-11(14)19-4-2/h5-6,18H,3-4,7-8H2,1-2H3. The van der Waals surface area contributed by atoms with E-state index in [1.807, 2.05) is 13.8 Å². The largest absolute Gasteiger partial charge is 0.490 e. The highest BCUT2D eigenvalue weighted by Crippen LogP contribution is 2.37. The molecule has 6 nitrogen and oxygen atoms in total. The average molecular weight is 357 g/mol. The second kappa shape index (κ2) is 7.42. The van der Waals surface area contributed by atoms with Gasteiger partial charge in [0.05, 0.1) is 17.7 Å². The first-order chi connectivity index (χ1) is 10.2. The van der Waals surface area contributed by atoms with Crippen LogP contribution in [0.4, 0.5) is 0 Å². The fraction of sp³-hybridized carbons (Fsp3) is 0.429. The molecule has 0 spiro atoms. The summed E-state index contributed by atoms with van der Waals surface area (Å²) in [5, 5.41) is 13.1. The van der Waals surface area contributed by atoms with E-state index < -0.39 is 0 Å². The summed E-state index contributed by atoms with van der Waals surface area (Å²) in [6, 6.07) is 3.53. The first-order valence-corrected chi connectivity index (χ1v) is 7.47. The number of aliphatic hydroxyl groups is 1. The van der Waals surface area contributed by atoms with Gasteiger partial charge in [-0.2, -0.15) is 4.98 Å². The monoisotopic (exact) mass is 356 g/mol. The zero-order valence-electron chi connectivity index (χ0n) is 11.9. The van der Waals surface area contributed by atoms with E-state index in [2.05, 4.69) is 26.1 Å². The quantitative estimate of drug-likeness (QED) is 0.821. The Hall–Kier alpha value is -1.60. The molecule has 1 N–H and O–H groups in total. The normalized spacial score (nSPS) is 10.7. The number of aryl methyl sites for hydroxylation is 1. The Morgan fingerprint density at radius 1 is 1.29 bits per heavy atom. The number of aromatic nitrogens is 2. The van der Waals surface area contributed by atoms with Crippen molar-refractivity contribution < 1.29 is 19.1 Å². The Bertz CT molecular complexity index is 601. The molecule has 7 heteroatoms. The lowest BCUT2D eigenvalue weighted by Gasteiger charge is -2.14. The van der Waals surface area contributed by atoms with Crippen LogP contribution < -0.4 is 9.47 Å². The lowest BCUT2D eigenvalue weighted by Crippen LogP contribution is -2.02. The van der Waals surface area contributed by atoms with Crippen LogP contribution in [0.5, 0.6) is 11.5 Å². The van der Waals surface area contributed by atoms with E-state index in [4.69, 9.17) is 14.0 Å². The van der Waals surface area contributed by atoms with Crippen LogP contribution in [0.2, 0.25) is 0 Å². The molecule has 0 amide bonds. The van der Waals surface area contributed by atoms with E-state index in [0.29, 0.717) is 40.7 Å². The fourth-order valence-corrected chi connectivity index (χ4v) is 2.35. The summed E-state index contributed by atoms with van der Waals surface area (Å²) in [6.45, 7) is 4.44. The van der Waals surface area contributed by atoms with E-state index in [9.17, 15) is 5.11 Å². The van der Waals surface area contributed by atoms with Crippen molar-refractivity contribution in [3.63, 3.8) is 0 Å². The molecule has 21 heavy (non-hydrogen) atoms. The summed E-state index contributed by atoms with van der Waals surface area (Å²) >= 11 is 3.42. The summed E-state index contributed by atoms with van der Waals surface area (Å²) in [5.74, 6) is 2.17. The second-order valence-corrected chi connectivity index (χ2v) is 5.10. The van der Waals surface area contributed by atoms with Crippen molar-refractivity contribution in [3.05, 3.63) is 33.9 Å². The van der Waals surface area contributed by atoms with E-state index in [-0.39, 0.29) is 13.2 Å². The van der Waals surface area contributed by atoms with Gasteiger partial charge in [-0.1, -0.05) is 12.1 Å². The smallest absolute Gasteiger partial charge is 0.226 e. The van der Waals surface area contributed by atoms with Crippen molar-refractivity contribution >= 4 is 15.9 Å². The van der Waals surface area contributed by atoms with Crippen LogP contribution in [0.25, 0.3) is 0 Å². The molecule has 0 unspecified atom stereocenters. The molecule has 0 atom stereocenters. The molecule has 0 saturated carbocycles. The topological polar surface area (TPSA) is 77.6 Å². The predicted octanol–water partition coefficient (Wildman–Crippen LogP) is 2.86. The highest BCUT2D eigenvalue weighted by molar-refractivity contribution is 9.10. The zero-order chi connectivity index (χ0) is 15.2. The number of nitrogens with zero attached hydrogens (tertiary/aromatic N) is 2. The molecule has 0 radical (unpaired) electrons. The molecule has 1 aromatic carbocycles. The van der Waals surface area contributed by atoms with Gasteiger partial charge in [0, 0.05) is 6.42 Å². The van der Waals surface area contributed by atoms with Crippen molar-refractivity contribution in [2.75, 3.05) is 6.61 Å². The van der Waals surface area contributed by atoms with Crippen molar-refractivity contribution in [1.82, 2.24) is 10.1 Å². The van der Waals surface area contributed by atoms with Gasteiger partial charge in [0.15, 0.2) is 18.1 Å². The SMILES string of the molecule is CCOc1cc(CO)cc(Br)c1OCc1noc(CC)n1.